The zero-order valence-corrected chi connectivity index (χ0v) is 57.9. The lowest BCUT2D eigenvalue weighted by Gasteiger charge is -2.21. The van der Waals surface area contributed by atoms with Crippen molar-refractivity contribution in [2.24, 2.45) is 5.14 Å². The molecular formula is C70H73N11O11S5. The summed E-state index contributed by atoms with van der Waals surface area (Å²) in [4.78, 5) is 24.1. The van der Waals surface area contributed by atoms with Gasteiger partial charge in [-0.15, -0.1) is 0 Å². The Bertz CT molecular complexity index is 5430. The van der Waals surface area contributed by atoms with Crippen molar-refractivity contribution in [1.82, 2.24) is 29.9 Å². The molecule has 12 aromatic rings. The lowest BCUT2D eigenvalue weighted by Crippen LogP contribution is -2.16. The van der Waals surface area contributed by atoms with Gasteiger partial charge in [-0.05, 0) is 163 Å². The highest BCUT2D eigenvalue weighted by Gasteiger charge is 2.22. The molecule has 27 heteroatoms. The van der Waals surface area contributed by atoms with Gasteiger partial charge >= 0.3 is 0 Å². The Hall–Kier alpha value is -9.74. The highest BCUT2D eigenvalue weighted by atomic mass is 32.2. The molecule has 12 rings (SSSR count). The number of aliphatic hydroxyl groups is 1. The highest BCUT2D eigenvalue weighted by Crippen LogP contribution is 2.35. The molecule has 0 unspecified atom stereocenters. The van der Waals surface area contributed by atoms with Crippen molar-refractivity contribution in [3.8, 4) is 33.4 Å². The number of sulfonamides is 5. The number of anilines is 4. The smallest absolute Gasteiger partial charge is 0.238 e. The molecule has 9 aromatic carbocycles. The number of aromatic amines is 3. The van der Waals surface area contributed by atoms with E-state index in [1.54, 1.807) is 80.6 Å². The van der Waals surface area contributed by atoms with E-state index in [2.05, 4.69) is 49.9 Å². The van der Waals surface area contributed by atoms with Gasteiger partial charge in [-0.2, -0.15) is 0 Å². The third kappa shape index (κ3) is 19.9. The normalized spacial score (nSPS) is 12.2. The van der Waals surface area contributed by atoms with Gasteiger partial charge in [0.25, 0.3) is 0 Å². The number of aromatic nitrogens is 6. The largest absolute Gasteiger partial charge is 0.386 e. The topological polar surface area (TPSA) is 351 Å². The van der Waals surface area contributed by atoms with Gasteiger partial charge in [0.2, 0.25) is 50.1 Å². The predicted octanol–water partition coefficient (Wildman–Crippen LogP) is 11.4. The van der Waals surface area contributed by atoms with Crippen LogP contribution in [0.3, 0.4) is 0 Å². The summed E-state index contributed by atoms with van der Waals surface area (Å²) >= 11 is 0. The van der Waals surface area contributed by atoms with E-state index in [1.165, 1.54) is 6.07 Å². The molecule has 0 radical (unpaired) electrons. The fourth-order valence-electron chi connectivity index (χ4n) is 10.9. The van der Waals surface area contributed by atoms with Crippen molar-refractivity contribution in [3.63, 3.8) is 0 Å². The van der Waals surface area contributed by atoms with E-state index in [4.69, 9.17) is 10.1 Å². The van der Waals surface area contributed by atoms with Crippen LogP contribution in [0.15, 0.2) is 205 Å². The molecule has 0 aliphatic carbocycles. The van der Waals surface area contributed by atoms with Crippen molar-refractivity contribution < 1.29 is 47.2 Å². The SMILES string of the molecule is CC(C)(O)c1ccccc1-c1ccc2nc(CCc3ccc(NS(C)(=O)=O)cc3)[nH]c2c1.CS(=O)(=O)Nc1ccc(CCc2nc3ccc(-c4ccccc4NS(C)(=O)=O)cc3[nH]2)cc1.CS(=O)(=O)Nc1ccc(CCc2nc3ccc(-c4ccccc4S(N)(=O)=O)cc3[nH]2)cc1. The van der Waals surface area contributed by atoms with Crippen LogP contribution in [0.4, 0.5) is 22.7 Å². The number of nitrogens with two attached hydrogens (primary N) is 1. The van der Waals surface area contributed by atoms with Crippen LogP contribution in [0.1, 0.15) is 53.6 Å². The third-order valence-electron chi connectivity index (χ3n) is 15.3. The second-order valence-electron chi connectivity index (χ2n) is 24.0. The number of hydrogen-bond donors (Lipinski definition) is 9. The van der Waals surface area contributed by atoms with Gasteiger partial charge in [0.1, 0.15) is 17.5 Å². The number of nitrogens with one attached hydrogen (secondary N) is 7. The molecular weight excluding hydrogens is 1330 g/mol. The summed E-state index contributed by atoms with van der Waals surface area (Å²) in [5.41, 5.74) is 15.4. The Labute approximate surface area is 564 Å². The summed E-state index contributed by atoms with van der Waals surface area (Å²) in [7, 11) is -17.1. The van der Waals surface area contributed by atoms with Crippen LogP contribution in [-0.4, -0.2) is 102 Å². The minimum Gasteiger partial charge on any atom is -0.386 e. The molecule has 504 valence electrons. The van der Waals surface area contributed by atoms with Crippen molar-refractivity contribution in [2.75, 3.05) is 43.9 Å². The number of imidazole rings is 3. The Morgan fingerprint density at radius 1 is 0.381 bits per heavy atom. The number of nitrogens with zero attached hydrogens (tertiary/aromatic N) is 3. The van der Waals surface area contributed by atoms with E-state index >= 15 is 0 Å². The van der Waals surface area contributed by atoms with Gasteiger partial charge in [0.05, 0.1) is 74.3 Å². The molecule has 0 atom stereocenters. The first kappa shape index (κ1) is 70.1. The van der Waals surface area contributed by atoms with Gasteiger partial charge in [-0.1, -0.05) is 115 Å². The number of rotatable bonds is 22. The van der Waals surface area contributed by atoms with Crippen LogP contribution in [-0.2, 0) is 94.2 Å². The number of aryl methyl sites for hydroxylation is 6. The first-order valence-electron chi connectivity index (χ1n) is 30.4. The van der Waals surface area contributed by atoms with Crippen LogP contribution >= 0.6 is 0 Å². The fourth-order valence-corrected chi connectivity index (χ4v) is 14.0. The second-order valence-corrected chi connectivity index (χ2v) is 32.5. The van der Waals surface area contributed by atoms with Crippen molar-refractivity contribution in [2.45, 2.75) is 62.9 Å². The number of para-hydroxylation sites is 1. The van der Waals surface area contributed by atoms with Gasteiger partial charge < -0.3 is 20.1 Å². The van der Waals surface area contributed by atoms with Gasteiger partial charge in [0.15, 0.2) is 0 Å². The van der Waals surface area contributed by atoms with Gasteiger partial charge in [-0.25, -0.2) is 62.2 Å². The first-order valence-corrected chi connectivity index (χ1v) is 39.5. The van der Waals surface area contributed by atoms with E-state index in [0.29, 0.717) is 41.2 Å². The lowest BCUT2D eigenvalue weighted by atomic mass is 9.89. The molecule has 10 N–H and O–H groups in total. The molecule has 0 saturated carbocycles. The maximum Gasteiger partial charge on any atom is 0.238 e. The van der Waals surface area contributed by atoms with Crippen LogP contribution < -0.4 is 24.0 Å². The summed E-state index contributed by atoms with van der Waals surface area (Å²) in [6.45, 7) is 3.59. The van der Waals surface area contributed by atoms with E-state index in [-0.39, 0.29) is 4.90 Å². The predicted molar refractivity (Wildman–Crippen MR) is 387 cm³/mol. The molecule has 97 heavy (non-hydrogen) atoms. The number of primary sulfonamides is 1. The Morgan fingerprint density at radius 2 is 0.701 bits per heavy atom. The third-order valence-corrected chi connectivity index (χ3v) is 18.6. The van der Waals surface area contributed by atoms with E-state index in [9.17, 15) is 47.2 Å². The summed E-state index contributed by atoms with van der Waals surface area (Å²) in [6, 6.07) is 61.0. The minimum atomic E-state index is -3.85. The zero-order chi connectivity index (χ0) is 69.5. The summed E-state index contributed by atoms with van der Waals surface area (Å²) in [5.74, 6) is 2.53. The van der Waals surface area contributed by atoms with Gasteiger partial charge in [0, 0.05) is 47.5 Å². The summed E-state index contributed by atoms with van der Waals surface area (Å²) < 4.78 is 125. The molecule has 22 nitrogen and oxygen atoms in total. The zero-order valence-electron chi connectivity index (χ0n) is 53.8. The van der Waals surface area contributed by atoms with Crippen molar-refractivity contribution >= 4 is 106 Å². The average Bonchev–Trinajstić information content (AvgIpc) is 1.80. The molecule has 3 heterocycles. The molecule has 0 bridgehead atoms. The second kappa shape index (κ2) is 28.9. The fraction of sp³-hybridized carbons (Fsp3) is 0.186. The monoisotopic (exact) mass is 1400 g/mol. The molecule has 0 aliphatic rings. The summed E-state index contributed by atoms with van der Waals surface area (Å²) in [6.07, 6.45) is 8.84. The first-order chi connectivity index (χ1) is 45.7. The molecule has 3 aromatic heterocycles. The minimum absolute atomic E-state index is 0.0768. The lowest BCUT2D eigenvalue weighted by molar-refractivity contribution is 0.0792. The van der Waals surface area contributed by atoms with Gasteiger partial charge in [-0.3, -0.25) is 18.9 Å². The quantitative estimate of drug-likeness (QED) is 0.0305. The Kier molecular flexibility index (Phi) is 20.9. The highest BCUT2D eigenvalue weighted by molar-refractivity contribution is 7.92. The van der Waals surface area contributed by atoms with Crippen LogP contribution in [0.5, 0.6) is 0 Å². The molecule has 0 amide bonds. The molecule has 0 saturated heterocycles. The average molecular weight is 1400 g/mol. The van der Waals surface area contributed by atoms with Crippen molar-refractivity contribution in [1.29, 1.82) is 0 Å². The Balaban J connectivity index is 0.000000158. The molecule has 0 fully saturated rings. The summed E-state index contributed by atoms with van der Waals surface area (Å²) in [5, 5.41) is 15.9. The molecule has 0 aliphatic heterocycles. The van der Waals surface area contributed by atoms with Crippen LogP contribution in [0, 0.1) is 0 Å². The number of hydrogen-bond acceptors (Lipinski definition) is 14. The number of fused-ring (bicyclic) bond motifs is 3. The van der Waals surface area contributed by atoms with Crippen LogP contribution in [0.2, 0.25) is 0 Å². The van der Waals surface area contributed by atoms with Crippen LogP contribution in [0.25, 0.3) is 66.5 Å². The Morgan fingerprint density at radius 3 is 1.06 bits per heavy atom. The standard InChI is InChI=1S/C25H27N3O3S.C23H24N4O4S2.C22H22N4O4S2/c1-25(2,29)21-7-5-4-6-20(21)18-11-14-22-23(16-18)27-24(26-22)15-10-17-8-12-19(13-9-17)28-32(3,30)31;1-32(28,29)26-18-11-7-16(8-12-18)9-14-23-24-21-13-10-17(15-22(21)25-23)19-5-3-4-6-20(19)27-33(2,30)31;1-31(27,28)26-17-10-6-15(7-11-17)8-13-22-24-19-12-9-16(14-20(19)25-22)18-4-2-3-5-21(18)32(23,29)30/h4-9,11-14,16,28-29H,10,15H2,1-3H3,(H,26,27);3-8,10-13,15,26-27H,9,14H2,1-2H3,(H,24,25);2-7,9-12,14,26H,8,13H2,1H3,(H,24,25)(H2,23,29,30). The van der Waals surface area contributed by atoms with Crippen molar-refractivity contribution in [3.05, 3.63) is 240 Å². The number of H-pyrrole nitrogens is 3. The maximum absolute atomic E-state index is 11.9. The molecule has 0 spiro atoms. The maximum atomic E-state index is 11.9. The van der Waals surface area contributed by atoms with E-state index in [0.717, 1.165) is 151 Å². The van der Waals surface area contributed by atoms with E-state index < -0.39 is 55.7 Å². The van der Waals surface area contributed by atoms with E-state index in [1.807, 2.05) is 121 Å². The number of benzene rings is 9.